The van der Waals surface area contributed by atoms with Gasteiger partial charge >= 0.3 is 0 Å². The van der Waals surface area contributed by atoms with E-state index in [0.717, 1.165) is 62.1 Å². The van der Waals surface area contributed by atoms with Crippen LogP contribution in [-0.2, 0) is 6.42 Å². The maximum absolute atomic E-state index is 6.28. The second kappa shape index (κ2) is 10.7. The molecule has 1 saturated heterocycles. The zero-order valence-corrected chi connectivity index (χ0v) is 21.6. The summed E-state index contributed by atoms with van der Waals surface area (Å²) in [5.74, 6) is 2.35. The molecule has 1 aliphatic rings. The molecule has 0 amide bonds. The third-order valence-corrected chi connectivity index (χ3v) is 7.19. The second-order valence-corrected chi connectivity index (χ2v) is 9.90. The van der Waals surface area contributed by atoms with Gasteiger partial charge in [0.1, 0.15) is 0 Å². The van der Waals surface area contributed by atoms with Gasteiger partial charge in [0.25, 0.3) is 0 Å². The number of halogens is 1. The van der Waals surface area contributed by atoms with E-state index in [2.05, 4.69) is 73.9 Å². The van der Waals surface area contributed by atoms with Crippen LogP contribution in [0.3, 0.4) is 0 Å². The number of hydrogen-bond donors (Lipinski definition) is 1. The van der Waals surface area contributed by atoms with Crippen molar-refractivity contribution in [3.05, 3.63) is 82.1 Å². The Labute approximate surface area is 214 Å². The first-order valence-corrected chi connectivity index (χ1v) is 12.9. The lowest BCUT2D eigenvalue weighted by atomic mass is 10.1. The van der Waals surface area contributed by atoms with Gasteiger partial charge in [0.2, 0.25) is 0 Å². The van der Waals surface area contributed by atoms with Crippen molar-refractivity contribution >= 4 is 39.2 Å². The van der Waals surface area contributed by atoms with E-state index in [1.54, 1.807) is 7.11 Å². The minimum absolute atomic E-state index is 0.739. The fourth-order valence-electron chi connectivity index (χ4n) is 4.69. The van der Waals surface area contributed by atoms with E-state index in [0.29, 0.717) is 0 Å². The van der Waals surface area contributed by atoms with E-state index in [4.69, 9.17) is 9.47 Å². The molecule has 0 bridgehead atoms. The maximum Gasteiger partial charge on any atom is 0.169 e. The molecule has 5 rings (SSSR count). The van der Waals surface area contributed by atoms with Crippen molar-refractivity contribution in [1.82, 2.24) is 9.88 Å². The fraction of sp³-hybridized carbons (Fsp3) is 0.286. The lowest BCUT2D eigenvalue weighted by molar-refractivity contribution is 0.254. The van der Waals surface area contributed by atoms with Crippen molar-refractivity contribution in [3.8, 4) is 17.2 Å². The van der Waals surface area contributed by atoms with E-state index in [-0.39, 0.29) is 0 Å². The number of fused-ring (bicyclic) bond motifs is 1. The quantitative estimate of drug-likeness (QED) is 0.253. The summed E-state index contributed by atoms with van der Waals surface area (Å²) in [6, 6.07) is 22.7. The molecule has 5 nitrogen and oxygen atoms in total. The molecule has 1 aliphatic heterocycles. The Morgan fingerprint density at radius 3 is 2.41 bits per heavy atom. The molecule has 0 spiro atoms. The number of aromatic amines is 1. The Kier molecular flexibility index (Phi) is 7.25. The predicted molar refractivity (Wildman–Crippen MR) is 147 cm³/mol. The van der Waals surface area contributed by atoms with Gasteiger partial charge in [0.15, 0.2) is 17.2 Å². The summed E-state index contributed by atoms with van der Waals surface area (Å²) >= 11 is 2.39. The second-order valence-electron chi connectivity index (χ2n) is 8.66. The van der Waals surface area contributed by atoms with Crippen LogP contribution in [0.15, 0.2) is 72.9 Å². The summed E-state index contributed by atoms with van der Waals surface area (Å²) in [6.45, 7) is 5.25. The third kappa shape index (κ3) is 5.18. The molecule has 2 heterocycles. The molecule has 3 aromatic carbocycles. The third-order valence-electron chi connectivity index (χ3n) is 6.52. The lowest BCUT2D eigenvalue weighted by Gasteiger charge is -2.36. The van der Waals surface area contributed by atoms with Gasteiger partial charge in [0.05, 0.1) is 12.8 Å². The SMILES string of the molecule is COc1ccccc1Oc1ccccc1N1CCN(CCCc2c[nH]c3ccc(I)cc23)CC1. The molecule has 176 valence electrons. The Balaban J connectivity index is 1.17. The summed E-state index contributed by atoms with van der Waals surface area (Å²) in [7, 11) is 1.67. The molecule has 0 aliphatic carbocycles. The number of H-pyrrole nitrogens is 1. The number of ether oxygens (including phenoxy) is 2. The van der Waals surface area contributed by atoms with Gasteiger partial charge in [-0.15, -0.1) is 0 Å². The molecule has 1 aromatic heterocycles. The van der Waals surface area contributed by atoms with Crippen molar-refractivity contribution in [2.45, 2.75) is 12.8 Å². The van der Waals surface area contributed by atoms with Gasteiger partial charge in [-0.1, -0.05) is 24.3 Å². The highest BCUT2D eigenvalue weighted by atomic mass is 127. The summed E-state index contributed by atoms with van der Waals surface area (Å²) < 4.78 is 13.0. The van der Waals surface area contributed by atoms with Crippen LogP contribution in [0.25, 0.3) is 10.9 Å². The number of anilines is 1. The topological polar surface area (TPSA) is 40.7 Å². The maximum atomic E-state index is 6.28. The van der Waals surface area contributed by atoms with Crippen LogP contribution >= 0.6 is 22.6 Å². The molecule has 34 heavy (non-hydrogen) atoms. The lowest BCUT2D eigenvalue weighted by Crippen LogP contribution is -2.46. The normalized spacial score (nSPS) is 14.5. The van der Waals surface area contributed by atoms with Crippen molar-refractivity contribution in [3.63, 3.8) is 0 Å². The van der Waals surface area contributed by atoms with Crippen LogP contribution in [0, 0.1) is 3.57 Å². The standard InChI is InChI=1S/C28H30IN3O2/c1-33-27-10-4-5-11-28(27)34-26-9-3-2-8-25(26)32-17-15-31(16-18-32)14-6-7-21-20-30-24-13-12-22(29)19-23(21)24/h2-5,8-13,19-20,30H,6-7,14-18H2,1H3. The number of aromatic nitrogens is 1. The molecule has 4 aromatic rings. The molecule has 0 unspecified atom stereocenters. The van der Waals surface area contributed by atoms with E-state index < -0.39 is 0 Å². The van der Waals surface area contributed by atoms with Gasteiger partial charge < -0.3 is 19.4 Å². The highest BCUT2D eigenvalue weighted by Gasteiger charge is 2.20. The minimum atomic E-state index is 0.739. The first-order chi connectivity index (χ1) is 16.7. The Morgan fingerprint density at radius 2 is 1.62 bits per heavy atom. The van der Waals surface area contributed by atoms with Crippen LogP contribution in [0.1, 0.15) is 12.0 Å². The largest absolute Gasteiger partial charge is 0.493 e. The average Bonchev–Trinajstić information content (AvgIpc) is 3.27. The Morgan fingerprint density at radius 1 is 0.882 bits per heavy atom. The van der Waals surface area contributed by atoms with Crippen molar-refractivity contribution in [2.75, 3.05) is 44.7 Å². The van der Waals surface area contributed by atoms with Gasteiger partial charge in [-0.2, -0.15) is 0 Å². The number of nitrogens with zero attached hydrogens (tertiary/aromatic N) is 2. The van der Waals surface area contributed by atoms with Crippen LogP contribution in [0.4, 0.5) is 5.69 Å². The number of para-hydroxylation sites is 4. The Bertz CT molecular complexity index is 1250. The van der Waals surface area contributed by atoms with Gasteiger partial charge in [-0.05, 0) is 90.0 Å². The van der Waals surface area contributed by atoms with Gasteiger partial charge in [-0.3, -0.25) is 4.90 Å². The van der Waals surface area contributed by atoms with E-state index in [1.165, 1.54) is 26.5 Å². The molecule has 0 atom stereocenters. The summed E-state index contributed by atoms with van der Waals surface area (Å²) in [5, 5.41) is 1.36. The first kappa shape index (κ1) is 23.1. The highest BCUT2D eigenvalue weighted by molar-refractivity contribution is 14.1. The molecular formula is C28H30IN3O2. The molecule has 1 N–H and O–H groups in total. The summed E-state index contributed by atoms with van der Waals surface area (Å²) in [4.78, 5) is 8.43. The van der Waals surface area contributed by atoms with E-state index in [9.17, 15) is 0 Å². The van der Waals surface area contributed by atoms with Crippen LogP contribution in [-0.4, -0.2) is 49.7 Å². The molecule has 0 radical (unpaired) electrons. The van der Waals surface area contributed by atoms with Gasteiger partial charge in [0, 0.05) is 46.8 Å². The zero-order valence-electron chi connectivity index (χ0n) is 19.5. The number of methoxy groups -OCH3 is 1. The predicted octanol–water partition coefficient (Wildman–Crippen LogP) is 6.33. The van der Waals surface area contributed by atoms with Crippen molar-refractivity contribution in [2.24, 2.45) is 0 Å². The molecule has 0 saturated carbocycles. The monoisotopic (exact) mass is 567 g/mol. The first-order valence-electron chi connectivity index (χ1n) is 11.8. The van der Waals surface area contributed by atoms with Crippen LogP contribution in [0.5, 0.6) is 17.2 Å². The molecular weight excluding hydrogens is 537 g/mol. The summed E-state index contributed by atoms with van der Waals surface area (Å²) in [6.07, 6.45) is 4.46. The number of benzene rings is 3. The number of hydrogen-bond acceptors (Lipinski definition) is 4. The smallest absolute Gasteiger partial charge is 0.169 e. The highest BCUT2D eigenvalue weighted by Crippen LogP contribution is 2.36. The van der Waals surface area contributed by atoms with Crippen molar-refractivity contribution < 1.29 is 9.47 Å². The number of nitrogens with one attached hydrogen (secondary N) is 1. The molecule has 1 fully saturated rings. The average molecular weight is 567 g/mol. The minimum Gasteiger partial charge on any atom is -0.493 e. The van der Waals surface area contributed by atoms with Gasteiger partial charge in [-0.25, -0.2) is 0 Å². The number of rotatable bonds is 8. The number of aryl methyl sites for hydroxylation is 1. The van der Waals surface area contributed by atoms with Crippen LogP contribution < -0.4 is 14.4 Å². The van der Waals surface area contributed by atoms with E-state index in [1.807, 2.05) is 36.4 Å². The van der Waals surface area contributed by atoms with Crippen molar-refractivity contribution in [1.29, 1.82) is 0 Å². The zero-order chi connectivity index (χ0) is 23.3. The van der Waals surface area contributed by atoms with Crippen LogP contribution in [0.2, 0.25) is 0 Å². The summed E-state index contributed by atoms with van der Waals surface area (Å²) in [5.41, 5.74) is 3.80. The fourth-order valence-corrected chi connectivity index (χ4v) is 5.18. The molecule has 6 heteroatoms. The Hall–Kier alpha value is -2.71. The van der Waals surface area contributed by atoms with E-state index >= 15 is 0 Å². The number of piperazine rings is 1.